The lowest BCUT2D eigenvalue weighted by atomic mass is 9.98. The van der Waals surface area contributed by atoms with Crippen LogP contribution >= 0.6 is 11.6 Å². The highest BCUT2D eigenvalue weighted by Gasteiger charge is 2.24. The molecule has 1 aliphatic rings. The molecule has 0 aromatic heterocycles. The smallest absolute Gasteiger partial charge is 0.253 e. The van der Waals surface area contributed by atoms with Gasteiger partial charge in [0.15, 0.2) is 0 Å². The van der Waals surface area contributed by atoms with Crippen molar-refractivity contribution in [2.24, 2.45) is 11.1 Å². The first-order valence-corrected chi connectivity index (χ1v) is 8.75. The molecule has 7 heteroatoms. The summed E-state index contributed by atoms with van der Waals surface area (Å²) in [5.74, 6) is 0.407. The molecule has 21 heavy (non-hydrogen) atoms. The zero-order valence-electron chi connectivity index (χ0n) is 12.1. The molecule has 1 heterocycles. The molecule has 1 amide bonds. The molecule has 2 N–H and O–H groups in total. The van der Waals surface area contributed by atoms with Gasteiger partial charge in [0.05, 0.1) is 4.90 Å². The van der Waals surface area contributed by atoms with Gasteiger partial charge < -0.3 is 4.90 Å². The van der Waals surface area contributed by atoms with Crippen molar-refractivity contribution in [1.82, 2.24) is 4.90 Å². The Bertz CT molecular complexity index is 665. The molecule has 1 aromatic rings. The second-order valence-electron chi connectivity index (χ2n) is 5.60. The van der Waals surface area contributed by atoms with E-state index in [4.69, 9.17) is 16.7 Å². The Labute approximate surface area is 130 Å². The number of nitrogens with zero attached hydrogens (tertiary/aromatic N) is 1. The molecule has 0 saturated carbocycles. The Hall–Kier alpha value is -1.11. The summed E-state index contributed by atoms with van der Waals surface area (Å²) >= 11 is 6.04. The van der Waals surface area contributed by atoms with Gasteiger partial charge in [-0.25, -0.2) is 13.6 Å². The lowest BCUT2D eigenvalue weighted by Gasteiger charge is -2.30. The second-order valence-corrected chi connectivity index (χ2v) is 7.54. The highest BCUT2D eigenvalue weighted by Crippen LogP contribution is 2.26. The van der Waals surface area contributed by atoms with E-state index in [2.05, 4.69) is 6.92 Å². The van der Waals surface area contributed by atoms with Crippen LogP contribution in [0.15, 0.2) is 17.0 Å². The van der Waals surface area contributed by atoms with Gasteiger partial charge in [-0.05, 0) is 43.4 Å². The maximum absolute atomic E-state index is 12.5. The summed E-state index contributed by atoms with van der Waals surface area (Å²) in [6, 6.07) is 2.82. The first-order valence-electron chi connectivity index (χ1n) is 6.82. The number of piperidine rings is 1. The SMILES string of the molecule is Cc1c(Cl)cc(C(=O)N2CCC(C)CC2)cc1S(N)(=O)=O. The van der Waals surface area contributed by atoms with E-state index in [0.29, 0.717) is 24.6 Å². The first-order chi connectivity index (χ1) is 9.70. The lowest BCUT2D eigenvalue weighted by molar-refractivity contribution is 0.0697. The molecule has 0 radical (unpaired) electrons. The van der Waals surface area contributed by atoms with Crippen molar-refractivity contribution < 1.29 is 13.2 Å². The number of primary sulfonamides is 1. The van der Waals surface area contributed by atoms with E-state index in [1.807, 2.05) is 0 Å². The minimum absolute atomic E-state index is 0.0938. The van der Waals surface area contributed by atoms with E-state index in [9.17, 15) is 13.2 Å². The molecule has 1 aliphatic heterocycles. The molecule has 5 nitrogen and oxygen atoms in total. The van der Waals surface area contributed by atoms with Crippen molar-refractivity contribution in [2.75, 3.05) is 13.1 Å². The molecular formula is C14H19ClN2O3S. The van der Waals surface area contributed by atoms with Crippen LogP contribution in [0.5, 0.6) is 0 Å². The largest absolute Gasteiger partial charge is 0.339 e. The van der Waals surface area contributed by atoms with Crippen molar-refractivity contribution in [2.45, 2.75) is 31.6 Å². The Morgan fingerprint density at radius 3 is 2.43 bits per heavy atom. The maximum Gasteiger partial charge on any atom is 0.253 e. The van der Waals surface area contributed by atoms with Gasteiger partial charge in [0.25, 0.3) is 5.91 Å². The molecule has 116 valence electrons. The van der Waals surface area contributed by atoms with Crippen LogP contribution in [-0.4, -0.2) is 32.3 Å². The molecule has 0 bridgehead atoms. The van der Waals surface area contributed by atoms with Crippen molar-refractivity contribution in [1.29, 1.82) is 0 Å². The lowest BCUT2D eigenvalue weighted by Crippen LogP contribution is -2.38. The average Bonchev–Trinajstić information content (AvgIpc) is 2.40. The van der Waals surface area contributed by atoms with E-state index < -0.39 is 10.0 Å². The summed E-state index contributed by atoms with van der Waals surface area (Å²) in [5.41, 5.74) is 0.632. The van der Waals surface area contributed by atoms with Crippen LogP contribution in [0.4, 0.5) is 0 Å². The fraction of sp³-hybridized carbons (Fsp3) is 0.500. The van der Waals surface area contributed by atoms with Crippen LogP contribution in [0.1, 0.15) is 35.7 Å². The molecule has 0 spiro atoms. The number of amides is 1. The zero-order valence-corrected chi connectivity index (χ0v) is 13.7. The fourth-order valence-electron chi connectivity index (χ4n) is 2.47. The number of benzene rings is 1. The summed E-state index contributed by atoms with van der Waals surface area (Å²) in [5, 5.41) is 5.41. The van der Waals surface area contributed by atoms with Gasteiger partial charge in [0, 0.05) is 23.7 Å². The topological polar surface area (TPSA) is 80.5 Å². The predicted octanol–water partition coefficient (Wildman–Crippen LogP) is 2.17. The van der Waals surface area contributed by atoms with Crippen LogP contribution in [0, 0.1) is 12.8 Å². The molecule has 1 saturated heterocycles. The number of rotatable bonds is 2. The number of hydrogen-bond acceptors (Lipinski definition) is 3. The fourth-order valence-corrected chi connectivity index (χ4v) is 3.57. The maximum atomic E-state index is 12.5. The molecule has 0 unspecified atom stereocenters. The molecular weight excluding hydrogens is 312 g/mol. The van der Waals surface area contributed by atoms with Gasteiger partial charge in [-0.2, -0.15) is 0 Å². The van der Waals surface area contributed by atoms with E-state index in [1.165, 1.54) is 12.1 Å². The van der Waals surface area contributed by atoms with Crippen molar-refractivity contribution in [3.8, 4) is 0 Å². The van der Waals surface area contributed by atoms with E-state index in [0.717, 1.165) is 12.8 Å². The highest BCUT2D eigenvalue weighted by molar-refractivity contribution is 7.89. The summed E-state index contributed by atoms with van der Waals surface area (Å²) in [6.07, 6.45) is 1.90. The predicted molar refractivity (Wildman–Crippen MR) is 81.9 cm³/mol. The number of halogens is 1. The van der Waals surface area contributed by atoms with Gasteiger partial charge in [0.2, 0.25) is 10.0 Å². The molecule has 2 rings (SSSR count). The standard InChI is InChI=1S/C14H19ClN2O3S/c1-9-3-5-17(6-4-9)14(18)11-7-12(15)10(2)13(8-11)21(16,19)20/h7-9H,3-6H2,1-2H3,(H2,16,19,20). The normalized spacial score (nSPS) is 17.0. The van der Waals surface area contributed by atoms with Crippen LogP contribution < -0.4 is 5.14 Å². The minimum Gasteiger partial charge on any atom is -0.339 e. The van der Waals surface area contributed by atoms with Crippen LogP contribution in [-0.2, 0) is 10.0 Å². The van der Waals surface area contributed by atoms with Crippen LogP contribution in [0.25, 0.3) is 0 Å². The third-order valence-electron chi connectivity index (χ3n) is 3.92. The summed E-state index contributed by atoms with van der Waals surface area (Å²) < 4.78 is 23.2. The molecule has 1 aromatic carbocycles. The summed E-state index contributed by atoms with van der Waals surface area (Å²) in [4.78, 5) is 14.1. The van der Waals surface area contributed by atoms with E-state index in [-0.39, 0.29) is 21.4 Å². The van der Waals surface area contributed by atoms with E-state index >= 15 is 0 Å². The zero-order chi connectivity index (χ0) is 15.8. The van der Waals surface area contributed by atoms with Crippen molar-refractivity contribution in [3.63, 3.8) is 0 Å². The highest BCUT2D eigenvalue weighted by atomic mass is 35.5. The number of carbonyl (C=O) groups excluding carboxylic acids is 1. The third kappa shape index (κ3) is 3.56. The number of likely N-dealkylation sites (tertiary alicyclic amines) is 1. The van der Waals surface area contributed by atoms with Gasteiger partial charge in [-0.1, -0.05) is 18.5 Å². The molecule has 0 aliphatic carbocycles. The Kier molecular flexibility index (Phi) is 4.60. The Morgan fingerprint density at radius 2 is 1.90 bits per heavy atom. The molecule has 1 fully saturated rings. The number of nitrogens with two attached hydrogens (primary N) is 1. The van der Waals surface area contributed by atoms with Gasteiger partial charge in [-0.3, -0.25) is 4.79 Å². The number of sulfonamides is 1. The first kappa shape index (κ1) is 16.3. The third-order valence-corrected chi connectivity index (χ3v) is 5.35. The average molecular weight is 331 g/mol. The minimum atomic E-state index is -3.91. The number of hydrogen-bond donors (Lipinski definition) is 1. The van der Waals surface area contributed by atoms with E-state index in [1.54, 1.807) is 11.8 Å². The Balaban J connectivity index is 2.36. The van der Waals surface area contributed by atoms with Gasteiger partial charge >= 0.3 is 0 Å². The van der Waals surface area contributed by atoms with Crippen LogP contribution in [0.3, 0.4) is 0 Å². The monoisotopic (exact) mass is 330 g/mol. The summed E-state index contributed by atoms with van der Waals surface area (Å²) in [7, 11) is -3.91. The second kappa shape index (κ2) is 5.94. The number of carbonyl (C=O) groups is 1. The van der Waals surface area contributed by atoms with Crippen LogP contribution in [0.2, 0.25) is 5.02 Å². The summed E-state index contributed by atoms with van der Waals surface area (Å²) in [6.45, 7) is 5.08. The molecule has 0 atom stereocenters. The van der Waals surface area contributed by atoms with Crippen molar-refractivity contribution in [3.05, 3.63) is 28.3 Å². The van der Waals surface area contributed by atoms with Crippen molar-refractivity contribution >= 4 is 27.5 Å². The quantitative estimate of drug-likeness (QED) is 0.902. The van der Waals surface area contributed by atoms with Gasteiger partial charge in [-0.15, -0.1) is 0 Å². The van der Waals surface area contributed by atoms with Gasteiger partial charge in [0.1, 0.15) is 0 Å². The Morgan fingerprint density at radius 1 is 1.33 bits per heavy atom.